The summed E-state index contributed by atoms with van der Waals surface area (Å²) in [6.07, 6.45) is 1.91. The van der Waals surface area contributed by atoms with Crippen LogP contribution in [0.5, 0.6) is 5.75 Å². The number of hydrogen-bond acceptors (Lipinski definition) is 6. The van der Waals surface area contributed by atoms with Crippen LogP contribution in [0, 0.1) is 0 Å². The summed E-state index contributed by atoms with van der Waals surface area (Å²) in [5.41, 5.74) is 0.576. The number of carbonyl (C=O) groups excluding carboxylic acids is 3. The zero-order valence-electron chi connectivity index (χ0n) is 19.0. The Morgan fingerprint density at radius 3 is 2.74 bits per heavy atom. The van der Waals surface area contributed by atoms with Gasteiger partial charge in [0, 0.05) is 35.9 Å². The van der Waals surface area contributed by atoms with Crippen molar-refractivity contribution < 1.29 is 23.9 Å². The van der Waals surface area contributed by atoms with E-state index in [1.807, 2.05) is 18.2 Å². The van der Waals surface area contributed by atoms with E-state index in [1.165, 1.54) is 4.90 Å². The third-order valence-electron chi connectivity index (χ3n) is 6.95. The monoisotopic (exact) mass is 491 g/mol. The van der Waals surface area contributed by atoms with Gasteiger partial charge in [0.25, 0.3) is 5.91 Å². The summed E-state index contributed by atoms with van der Waals surface area (Å²) in [6.45, 7) is -0.134. The van der Waals surface area contributed by atoms with Gasteiger partial charge in [-0.05, 0) is 43.2 Å². The van der Waals surface area contributed by atoms with Crippen molar-refractivity contribution in [2.75, 3.05) is 12.0 Å². The average Bonchev–Trinajstić information content (AvgIpc) is 3.64. The quantitative estimate of drug-likeness (QED) is 0.394. The number of benzene rings is 2. The van der Waals surface area contributed by atoms with Gasteiger partial charge in [-0.2, -0.15) is 0 Å². The number of amides is 2. The number of rotatable bonds is 5. The molecule has 1 unspecified atom stereocenters. The molecule has 178 valence electrons. The van der Waals surface area contributed by atoms with Gasteiger partial charge < -0.3 is 14.4 Å². The number of hydrogen-bond donors (Lipinski definition) is 0. The molecule has 3 aromatic rings. The highest BCUT2D eigenvalue weighted by Crippen LogP contribution is 2.49. The van der Waals surface area contributed by atoms with Crippen LogP contribution in [0.15, 0.2) is 48.5 Å². The standard InChI is InChI=1S/C26H22ClN3O5/c1-34-18-9-6-15-12-16(23(27)28-20(15)13-18)14-35-25(33)26-11-10-22(31)30(26)21-5-3-2-4-19(21)24(32)29(26)17-7-8-17/h2-6,9,12-13,17H,7-8,10-11,14H2,1H3. The van der Waals surface area contributed by atoms with Crippen molar-refractivity contribution in [3.8, 4) is 5.75 Å². The molecule has 1 aliphatic carbocycles. The summed E-state index contributed by atoms with van der Waals surface area (Å²) in [6, 6.07) is 14.1. The van der Waals surface area contributed by atoms with E-state index in [0.29, 0.717) is 28.1 Å². The Hall–Kier alpha value is -3.65. The molecule has 0 bridgehead atoms. The first-order valence-corrected chi connectivity index (χ1v) is 11.9. The van der Waals surface area contributed by atoms with E-state index in [9.17, 15) is 14.4 Å². The molecule has 1 saturated heterocycles. The molecule has 1 aromatic heterocycles. The van der Waals surface area contributed by atoms with Crippen molar-refractivity contribution in [3.63, 3.8) is 0 Å². The number of pyridine rings is 1. The Morgan fingerprint density at radius 2 is 1.97 bits per heavy atom. The lowest BCUT2D eigenvalue weighted by Gasteiger charge is -2.48. The van der Waals surface area contributed by atoms with Crippen molar-refractivity contribution in [2.24, 2.45) is 0 Å². The van der Waals surface area contributed by atoms with E-state index in [-0.39, 0.29) is 42.5 Å². The third-order valence-corrected chi connectivity index (χ3v) is 7.28. The Kier molecular flexibility index (Phi) is 4.96. The maximum atomic E-state index is 13.8. The fraction of sp³-hybridized carbons (Fsp3) is 0.308. The smallest absolute Gasteiger partial charge is 0.354 e. The number of para-hydroxylation sites is 1. The molecule has 2 aliphatic heterocycles. The number of halogens is 1. The second-order valence-corrected chi connectivity index (χ2v) is 9.40. The number of aromatic nitrogens is 1. The molecular weight excluding hydrogens is 470 g/mol. The second kappa shape index (κ2) is 7.95. The highest BCUT2D eigenvalue weighted by atomic mass is 35.5. The molecule has 0 spiro atoms. The topological polar surface area (TPSA) is 89.0 Å². The lowest BCUT2D eigenvalue weighted by molar-refractivity contribution is -0.159. The molecule has 6 rings (SSSR count). The van der Waals surface area contributed by atoms with Gasteiger partial charge in [-0.1, -0.05) is 23.7 Å². The molecule has 0 N–H and O–H groups in total. The first kappa shape index (κ1) is 21.9. The largest absolute Gasteiger partial charge is 0.497 e. The fourth-order valence-electron chi connectivity index (χ4n) is 5.17. The Balaban J connectivity index is 1.35. The number of anilines is 1. The van der Waals surface area contributed by atoms with E-state index in [1.54, 1.807) is 42.3 Å². The number of esters is 1. The van der Waals surface area contributed by atoms with Crippen molar-refractivity contribution in [3.05, 3.63) is 64.8 Å². The normalized spacial score (nSPS) is 21.2. The molecule has 2 amide bonds. The van der Waals surface area contributed by atoms with Gasteiger partial charge in [0.15, 0.2) is 0 Å². The zero-order chi connectivity index (χ0) is 24.3. The van der Waals surface area contributed by atoms with Gasteiger partial charge in [0.05, 0.1) is 23.9 Å². The van der Waals surface area contributed by atoms with Crippen LogP contribution in [-0.2, 0) is 20.9 Å². The summed E-state index contributed by atoms with van der Waals surface area (Å²) >= 11 is 6.41. The van der Waals surface area contributed by atoms with Crippen LogP contribution in [-0.4, -0.2) is 46.5 Å². The second-order valence-electron chi connectivity index (χ2n) is 9.04. The maximum absolute atomic E-state index is 13.8. The molecule has 35 heavy (non-hydrogen) atoms. The minimum atomic E-state index is -1.49. The predicted molar refractivity (Wildman–Crippen MR) is 128 cm³/mol. The van der Waals surface area contributed by atoms with Crippen LogP contribution < -0.4 is 9.64 Å². The van der Waals surface area contributed by atoms with E-state index < -0.39 is 11.6 Å². The van der Waals surface area contributed by atoms with Gasteiger partial charge in [0.1, 0.15) is 17.5 Å². The fourth-order valence-corrected chi connectivity index (χ4v) is 5.37. The van der Waals surface area contributed by atoms with Crippen molar-refractivity contribution in [1.82, 2.24) is 9.88 Å². The van der Waals surface area contributed by atoms with Crippen LogP contribution in [0.3, 0.4) is 0 Å². The number of nitrogens with zero attached hydrogens (tertiary/aromatic N) is 3. The molecule has 9 heteroatoms. The molecular formula is C26H22ClN3O5. The first-order valence-electron chi connectivity index (χ1n) is 11.5. The first-order chi connectivity index (χ1) is 16.9. The number of methoxy groups -OCH3 is 1. The average molecular weight is 492 g/mol. The number of carbonyl (C=O) groups is 3. The Labute approximate surface area is 206 Å². The predicted octanol–water partition coefficient (Wildman–Crippen LogP) is 4.08. The number of fused-ring (bicyclic) bond motifs is 4. The van der Waals surface area contributed by atoms with Crippen LogP contribution in [0.1, 0.15) is 41.6 Å². The maximum Gasteiger partial charge on any atom is 0.354 e. The van der Waals surface area contributed by atoms with Gasteiger partial charge >= 0.3 is 5.97 Å². The van der Waals surface area contributed by atoms with E-state index >= 15 is 0 Å². The molecule has 3 aliphatic rings. The van der Waals surface area contributed by atoms with E-state index in [4.69, 9.17) is 21.1 Å². The Bertz CT molecular complexity index is 1400. The highest BCUT2D eigenvalue weighted by Gasteiger charge is 2.64. The van der Waals surface area contributed by atoms with Gasteiger partial charge in [0.2, 0.25) is 11.6 Å². The Morgan fingerprint density at radius 1 is 1.17 bits per heavy atom. The molecule has 3 heterocycles. The molecule has 1 atom stereocenters. The lowest BCUT2D eigenvalue weighted by atomic mass is 9.96. The SMILES string of the molecule is COc1ccc2cc(COC(=O)C34CCC(=O)N3c3ccccc3C(=O)N4C3CC3)c(Cl)nc2c1. The molecule has 2 aromatic carbocycles. The van der Waals surface area contributed by atoms with Crippen molar-refractivity contribution in [2.45, 2.75) is 44.0 Å². The third kappa shape index (κ3) is 3.27. The summed E-state index contributed by atoms with van der Waals surface area (Å²) in [4.78, 5) is 47.8. The minimum absolute atomic E-state index is 0.0993. The highest BCUT2D eigenvalue weighted by molar-refractivity contribution is 6.30. The van der Waals surface area contributed by atoms with Crippen LogP contribution in [0.2, 0.25) is 5.15 Å². The molecule has 8 nitrogen and oxygen atoms in total. The summed E-state index contributed by atoms with van der Waals surface area (Å²) in [5.74, 6) is -0.422. The van der Waals surface area contributed by atoms with Gasteiger partial charge in [-0.3, -0.25) is 14.5 Å². The van der Waals surface area contributed by atoms with Crippen LogP contribution in [0.4, 0.5) is 5.69 Å². The lowest BCUT2D eigenvalue weighted by Crippen LogP contribution is -2.69. The minimum Gasteiger partial charge on any atom is -0.497 e. The molecule has 2 fully saturated rings. The molecule has 0 radical (unpaired) electrons. The van der Waals surface area contributed by atoms with Crippen LogP contribution in [0.25, 0.3) is 10.9 Å². The van der Waals surface area contributed by atoms with Crippen molar-refractivity contribution in [1.29, 1.82) is 0 Å². The van der Waals surface area contributed by atoms with Crippen LogP contribution >= 0.6 is 11.6 Å². The van der Waals surface area contributed by atoms with Crippen molar-refractivity contribution >= 4 is 46.0 Å². The van der Waals surface area contributed by atoms with Gasteiger partial charge in [-0.25, -0.2) is 9.78 Å². The zero-order valence-corrected chi connectivity index (χ0v) is 19.7. The summed E-state index contributed by atoms with van der Waals surface area (Å²) < 4.78 is 11.0. The summed E-state index contributed by atoms with van der Waals surface area (Å²) in [7, 11) is 1.58. The van der Waals surface area contributed by atoms with E-state index in [2.05, 4.69) is 4.98 Å². The van der Waals surface area contributed by atoms with Gasteiger partial charge in [-0.15, -0.1) is 0 Å². The van der Waals surface area contributed by atoms with E-state index in [0.717, 1.165) is 18.2 Å². The number of ether oxygens (including phenoxy) is 2. The molecule has 1 saturated carbocycles. The summed E-state index contributed by atoms with van der Waals surface area (Å²) in [5, 5.41) is 1.03.